The summed E-state index contributed by atoms with van der Waals surface area (Å²) in [5.74, 6) is -4.25. The van der Waals surface area contributed by atoms with Crippen molar-refractivity contribution in [3.8, 4) is 5.82 Å². The van der Waals surface area contributed by atoms with Gasteiger partial charge < -0.3 is 10.0 Å². The van der Waals surface area contributed by atoms with Crippen LogP contribution >= 0.6 is 0 Å². The molecule has 1 saturated heterocycles. The van der Waals surface area contributed by atoms with Crippen LogP contribution in [0.15, 0.2) is 18.2 Å². The molecule has 3 heterocycles. The number of rotatable bonds is 3. The molecule has 1 N–H and O–H groups in total. The van der Waals surface area contributed by atoms with Crippen LogP contribution in [-0.2, 0) is 4.79 Å². The van der Waals surface area contributed by atoms with Crippen molar-refractivity contribution in [2.45, 2.75) is 20.0 Å². The number of carboxylic acids is 1. The second kappa shape index (κ2) is 6.01. The first-order valence-electron chi connectivity index (χ1n) is 7.58. The average Bonchev–Trinajstić information content (AvgIpc) is 3.11. The van der Waals surface area contributed by atoms with Crippen molar-refractivity contribution in [3.63, 3.8) is 0 Å². The summed E-state index contributed by atoms with van der Waals surface area (Å²) in [6.45, 7) is 2.97. The fourth-order valence-corrected chi connectivity index (χ4v) is 3.03. The van der Waals surface area contributed by atoms with E-state index in [1.807, 2.05) is 19.9 Å². The molecule has 0 aromatic carbocycles. The Morgan fingerprint density at radius 2 is 1.84 bits per heavy atom. The van der Waals surface area contributed by atoms with E-state index in [0.717, 1.165) is 11.4 Å². The van der Waals surface area contributed by atoms with Crippen molar-refractivity contribution in [2.75, 3.05) is 18.0 Å². The number of alkyl halides is 3. The Balaban J connectivity index is 1.83. The second-order valence-electron chi connectivity index (χ2n) is 6.09. The Kier molecular flexibility index (Phi) is 4.13. The van der Waals surface area contributed by atoms with Crippen LogP contribution < -0.4 is 4.90 Å². The molecule has 1 aliphatic heterocycles. The van der Waals surface area contributed by atoms with Crippen molar-refractivity contribution in [1.29, 1.82) is 0 Å². The number of halogens is 3. The normalized spacial score (nSPS) is 20.9. The van der Waals surface area contributed by atoms with Crippen molar-refractivity contribution >= 4 is 11.8 Å². The van der Waals surface area contributed by atoms with Crippen LogP contribution in [0.1, 0.15) is 11.4 Å². The van der Waals surface area contributed by atoms with E-state index in [1.54, 1.807) is 10.7 Å². The third kappa shape index (κ3) is 3.28. The highest BCUT2D eigenvalue weighted by Crippen LogP contribution is 2.38. The highest BCUT2D eigenvalue weighted by Gasteiger charge is 2.52. The van der Waals surface area contributed by atoms with E-state index in [9.17, 15) is 18.0 Å². The van der Waals surface area contributed by atoms with E-state index >= 15 is 0 Å². The molecule has 1 fully saturated rings. The largest absolute Gasteiger partial charge is 0.481 e. The number of nitrogens with zero attached hydrogens (tertiary/aromatic N) is 5. The molecule has 0 bridgehead atoms. The summed E-state index contributed by atoms with van der Waals surface area (Å²) >= 11 is 0. The predicted octanol–water partition coefficient (Wildman–Crippen LogP) is 1.98. The maximum atomic E-state index is 13.1. The van der Waals surface area contributed by atoms with E-state index in [2.05, 4.69) is 15.3 Å². The molecule has 3 rings (SSSR count). The molecular formula is C15H16F3N5O2. The Bertz CT molecular complexity index is 787. The van der Waals surface area contributed by atoms with Gasteiger partial charge in [-0.05, 0) is 32.0 Å². The molecule has 1 aliphatic rings. The van der Waals surface area contributed by atoms with Crippen LogP contribution in [0.5, 0.6) is 0 Å². The third-order valence-corrected chi connectivity index (χ3v) is 4.24. The summed E-state index contributed by atoms with van der Waals surface area (Å²) in [5.41, 5.74) is 1.66. The maximum absolute atomic E-state index is 13.1. The van der Waals surface area contributed by atoms with Crippen LogP contribution in [0, 0.1) is 25.7 Å². The second-order valence-corrected chi connectivity index (χ2v) is 6.09. The van der Waals surface area contributed by atoms with Gasteiger partial charge in [-0.2, -0.15) is 18.3 Å². The van der Waals surface area contributed by atoms with Gasteiger partial charge in [0.2, 0.25) is 0 Å². The number of carboxylic acid groups (broad SMARTS) is 1. The molecule has 25 heavy (non-hydrogen) atoms. The lowest BCUT2D eigenvalue weighted by Crippen LogP contribution is -2.33. The summed E-state index contributed by atoms with van der Waals surface area (Å²) in [5, 5.41) is 21.3. The quantitative estimate of drug-likeness (QED) is 0.906. The number of hydrogen-bond acceptors (Lipinski definition) is 5. The minimum atomic E-state index is -4.57. The van der Waals surface area contributed by atoms with E-state index in [-0.39, 0.29) is 12.4 Å². The SMILES string of the molecule is Cc1cc(C)n(-c2ccc(N3C[C@@H](C(F)(F)F)[C@H](C(=O)O)C3)nn2)n1. The van der Waals surface area contributed by atoms with Gasteiger partial charge in [0, 0.05) is 18.8 Å². The minimum absolute atomic E-state index is 0.211. The Hall–Kier alpha value is -2.65. The molecule has 0 saturated carbocycles. The van der Waals surface area contributed by atoms with Gasteiger partial charge >= 0.3 is 12.1 Å². The number of hydrogen-bond donors (Lipinski definition) is 1. The van der Waals surface area contributed by atoms with E-state index < -0.39 is 30.5 Å². The fourth-order valence-electron chi connectivity index (χ4n) is 3.03. The smallest absolute Gasteiger partial charge is 0.394 e. The summed E-state index contributed by atoms with van der Waals surface area (Å²) in [7, 11) is 0. The Morgan fingerprint density at radius 3 is 2.28 bits per heavy atom. The van der Waals surface area contributed by atoms with E-state index in [0.29, 0.717) is 5.82 Å². The zero-order chi connectivity index (χ0) is 18.4. The Labute approximate surface area is 141 Å². The number of carbonyl (C=O) groups is 1. The van der Waals surface area contributed by atoms with Gasteiger partial charge in [-0.3, -0.25) is 4.79 Å². The van der Waals surface area contributed by atoms with Gasteiger partial charge in [0.25, 0.3) is 0 Å². The van der Waals surface area contributed by atoms with Crippen molar-refractivity contribution in [1.82, 2.24) is 20.0 Å². The average molecular weight is 355 g/mol. The van der Waals surface area contributed by atoms with Gasteiger partial charge in [0.05, 0.1) is 17.5 Å². The Morgan fingerprint density at radius 1 is 1.20 bits per heavy atom. The van der Waals surface area contributed by atoms with Gasteiger partial charge in [-0.1, -0.05) is 0 Å². The first kappa shape index (κ1) is 17.2. The molecule has 2 aromatic rings. The first-order valence-corrected chi connectivity index (χ1v) is 7.58. The van der Waals surface area contributed by atoms with Gasteiger partial charge in [0.15, 0.2) is 11.6 Å². The summed E-state index contributed by atoms with van der Waals surface area (Å²) < 4.78 is 40.7. The molecule has 0 spiro atoms. The standard InChI is InChI=1S/C15H16F3N5O2/c1-8-5-9(2)23(21-8)13-4-3-12(19-20-13)22-6-10(14(24)25)11(7-22)15(16,17)18/h3-5,10-11H,6-7H2,1-2H3,(H,24,25)/t10-,11-/m1/s1. The first-order chi connectivity index (χ1) is 11.7. The molecule has 2 aromatic heterocycles. The number of anilines is 1. The van der Waals surface area contributed by atoms with Gasteiger partial charge in [-0.25, -0.2) is 4.68 Å². The number of aryl methyl sites for hydroxylation is 2. The molecule has 10 heteroatoms. The van der Waals surface area contributed by atoms with Crippen molar-refractivity contribution < 1.29 is 23.1 Å². The molecule has 0 aliphatic carbocycles. The van der Waals surface area contributed by atoms with Crippen LogP contribution in [0.3, 0.4) is 0 Å². The highest BCUT2D eigenvalue weighted by atomic mass is 19.4. The molecular weight excluding hydrogens is 339 g/mol. The summed E-state index contributed by atoms with van der Waals surface area (Å²) in [6.07, 6.45) is -4.57. The zero-order valence-electron chi connectivity index (χ0n) is 13.5. The van der Waals surface area contributed by atoms with Gasteiger partial charge in [-0.15, -0.1) is 10.2 Å². The highest BCUT2D eigenvalue weighted by molar-refractivity contribution is 5.72. The van der Waals surface area contributed by atoms with Gasteiger partial charge in [0.1, 0.15) is 0 Å². The van der Waals surface area contributed by atoms with E-state index in [4.69, 9.17) is 5.11 Å². The number of aliphatic carboxylic acids is 1. The monoisotopic (exact) mass is 355 g/mol. The van der Waals surface area contributed by atoms with Crippen LogP contribution in [0.4, 0.5) is 19.0 Å². The lowest BCUT2D eigenvalue weighted by Gasteiger charge is -2.18. The van der Waals surface area contributed by atoms with Crippen LogP contribution in [0.25, 0.3) is 5.82 Å². The third-order valence-electron chi connectivity index (χ3n) is 4.24. The molecule has 2 atom stereocenters. The lowest BCUT2D eigenvalue weighted by molar-refractivity contribution is -0.187. The summed E-state index contributed by atoms with van der Waals surface area (Å²) in [4.78, 5) is 12.4. The molecule has 7 nitrogen and oxygen atoms in total. The van der Waals surface area contributed by atoms with E-state index in [1.165, 1.54) is 11.0 Å². The van der Waals surface area contributed by atoms with Crippen LogP contribution in [-0.4, -0.2) is 50.3 Å². The topological polar surface area (TPSA) is 84.1 Å². The maximum Gasteiger partial charge on any atom is 0.394 e. The molecule has 0 radical (unpaired) electrons. The summed E-state index contributed by atoms with van der Waals surface area (Å²) in [6, 6.07) is 4.98. The lowest BCUT2D eigenvalue weighted by atomic mass is 9.96. The number of aromatic nitrogens is 4. The van der Waals surface area contributed by atoms with Crippen LogP contribution in [0.2, 0.25) is 0 Å². The molecule has 0 amide bonds. The molecule has 0 unspecified atom stereocenters. The molecule has 134 valence electrons. The van der Waals surface area contributed by atoms with Crippen molar-refractivity contribution in [2.24, 2.45) is 11.8 Å². The van der Waals surface area contributed by atoms with Crippen molar-refractivity contribution in [3.05, 3.63) is 29.6 Å². The minimum Gasteiger partial charge on any atom is -0.481 e. The zero-order valence-corrected chi connectivity index (χ0v) is 13.5. The predicted molar refractivity (Wildman–Crippen MR) is 81.5 cm³/mol. The fraction of sp³-hybridized carbons (Fsp3) is 0.467.